The smallest absolute Gasteiger partial charge is 0.120 e. The van der Waals surface area contributed by atoms with E-state index in [1.54, 1.807) is 18.9 Å². The number of hydrogen-bond donors (Lipinski definition) is 0. The fourth-order valence-electron chi connectivity index (χ4n) is 0.881. The highest BCUT2D eigenvalue weighted by molar-refractivity contribution is 7.99. The van der Waals surface area contributed by atoms with Gasteiger partial charge in [0.1, 0.15) is 5.75 Å². The quantitative estimate of drug-likeness (QED) is 0.695. The lowest BCUT2D eigenvalue weighted by Crippen LogP contribution is -1.83. The largest absolute Gasteiger partial charge is 0.497 e. The van der Waals surface area contributed by atoms with Crippen molar-refractivity contribution >= 4 is 23.4 Å². The molecule has 12 heavy (non-hydrogen) atoms. The van der Waals surface area contributed by atoms with Gasteiger partial charge in [-0.3, -0.25) is 0 Å². The van der Waals surface area contributed by atoms with Crippen molar-refractivity contribution in [3.63, 3.8) is 0 Å². The molecule has 66 valence electrons. The monoisotopic (exact) mass is 202 g/mol. The van der Waals surface area contributed by atoms with Gasteiger partial charge in [0.15, 0.2) is 0 Å². The fourth-order valence-corrected chi connectivity index (χ4v) is 1.89. The van der Waals surface area contributed by atoms with Crippen LogP contribution in [-0.4, -0.2) is 12.9 Å². The van der Waals surface area contributed by atoms with Crippen molar-refractivity contribution in [3.05, 3.63) is 23.2 Å². The van der Waals surface area contributed by atoms with Gasteiger partial charge >= 0.3 is 0 Å². The molecule has 1 aromatic carbocycles. The summed E-state index contributed by atoms with van der Waals surface area (Å²) in [6, 6.07) is 5.73. The predicted octanol–water partition coefficient (Wildman–Crippen LogP) is 3.46. The van der Waals surface area contributed by atoms with E-state index in [9.17, 15) is 0 Å². The van der Waals surface area contributed by atoms with Crippen molar-refractivity contribution in [2.45, 2.75) is 11.8 Å². The summed E-state index contributed by atoms with van der Waals surface area (Å²) < 4.78 is 5.03. The number of ether oxygens (including phenoxy) is 1. The minimum Gasteiger partial charge on any atom is -0.497 e. The van der Waals surface area contributed by atoms with Gasteiger partial charge in [-0.25, -0.2) is 0 Å². The van der Waals surface area contributed by atoms with Crippen molar-refractivity contribution < 1.29 is 4.74 Å². The van der Waals surface area contributed by atoms with E-state index in [1.165, 1.54) is 0 Å². The van der Waals surface area contributed by atoms with Crippen LogP contribution in [0.3, 0.4) is 0 Å². The number of rotatable bonds is 3. The first-order valence-corrected chi connectivity index (χ1v) is 5.10. The number of halogens is 1. The molecule has 0 saturated carbocycles. The second-order valence-corrected chi connectivity index (χ2v) is 3.94. The van der Waals surface area contributed by atoms with Crippen LogP contribution >= 0.6 is 23.4 Å². The molecular weight excluding hydrogens is 192 g/mol. The third-order valence-electron chi connectivity index (χ3n) is 1.44. The van der Waals surface area contributed by atoms with Crippen LogP contribution in [0.1, 0.15) is 6.92 Å². The lowest BCUT2D eigenvalue weighted by atomic mass is 10.3. The Balaban J connectivity index is 2.87. The molecular formula is C9H11ClOS. The summed E-state index contributed by atoms with van der Waals surface area (Å²) in [6.45, 7) is 2.10. The summed E-state index contributed by atoms with van der Waals surface area (Å²) in [5, 5.41) is 0.765. The molecule has 0 bridgehead atoms. The molecule has 0 aliphatic carbocycles. The molecule has 0 heterocycles. The highest BCUT2D eigenvalue weighted by Crippen LogP contribution is 2.29. The zero-order valence-corrected chi connectivity index (χ0v) is 8.71. The number of hydrogen-bond acceptors (Lipinski definition) is 2. The molecule has 0 radical (unpaired) electrons. The second kappa shape index (κ2) is 4.63. The standard InChI is InChI=1S/C9H11ClOS/c1-3-12-9-5-4-7(11-2)6-8(9)10/h4-6H,3H2,1-2H3. The zero-order chi connectivity index (χ0) is 8.97. The summed E-state index contributed by atoms with van der Waals surface area (Å²) in [7, 11) is 1.64. The molecule has 0 aliphatic heterocycles. The molecule has 1 rings (SSSR count). The van der Waals surface area contributed by atoms with Gasteiger partial charge in [0, 0.05) is 4.90 Å². The van der Waals surface area contributed by atoms with E-state index in [2.05, 4.69) is 6.92 Å². The molecule has 1 aromatic rings. The molecule has 0 N–H and O–H groups in total. The van der Waals surface area contributed by atoms with Crippen molar-refractivity contribution in [3.8, 4) is 5.75 Å². The molecule has 0 saturated heterocycles. The maximum Gasteiger partial charge on any atom is 0.120 e. The van der Waals surface area contributed by atoms with Crippen LogP contribution in [0, 0.1) is 0 Å². The summed E-state index contributed by atoms with van der Waals surface area (Å²) in [6.07, 6.45) is 0. The van der Waals surface area contributed by atoms with Crippen LogP contribution in [0.4, 0.5) is 0 Å². The number of benzene rings is 1. The average molecular weight is 203 g/mol. The highest BCUT2D eigenvalue weighted by atomic mass is 35.5. The van der Waals surface area contributed by atoms with Gasteiger partial charge in [-0.1, -0.05) is 18.5 Å². The van der Waals surface area contributed by atoms with E-state index in [4.69, 9.17) is 16.3 Å². The minimum atomic E-state index is 0.765. The third kappa shape index (κ3) is 2.32. The Kier molecular flexibility index (Phi) is 3.76. The molecule has 3 heteroatoms. The topological polar surface area (TPSA) is 9.23 Å². The normalized spacial score (nSPS) is 9.92. The van der Waals surface area contributed by atoms with Gasteiger partial charge in [-0.05, 0) is 24.0 Å². The van der Waals surface area contributed by atoms with E-state index in [0.29, 0.717) is 0 Å². The minimum absolute atomic E-state index is 0.765. The Morgan fingerprint density at radius 2 is 2.25 bits per heavy atom. The molecule has 0 spiro atoms. The van der Waals surface area contributed by atoms with Crippen LogP contribution in [0.25, 0.3) is 0 Å². The predicted molar refractivity (Wildman–Crippen MR) is 54.4 cm³/mol. The van der Waals surface area contributed by atoms with E-state index in [-0.39, 0.29) is 0 Å². The van der Waals surface area contributed by atoms with E-state index >= 15 is 0 Å². The Morgan fingerprint density at radius 3 is 2.75 bits per heavy atom. The molecule has 0 atom stereocenters. The molecule has 0 aromatic heterocycles. The van der Waals surface area contributed by atoms with Crippen molar-refractivity contribution in [1.82, 2.24) is 0 Å². The van der Waals surface area contributed by atoms with E-state index in [1.807, 2.05) is 18.2 Å². The van der Waals surface area contributed by atoms with Crippen LogP contribution in [0.2, 0.25) is 5.02 Å². The summed E-state index contributed by atoms with van der Waals surface area (Å²) in [4.78, 5) is 1.11. The van der Waals surface area contributed by atoms with Gasteiger partial charge in [0.05, 0.1) is 12.1 Å². The molecule has 0 aliphatic rings. The first-order chi connectivity index (χ1) is 5.77. The van der Waals surface area contributed by atoms with Gasteiger partial charge in [0.2, 0.25) is 0 Å². The number of thioether (sulfide) groups is 1. The maximum absolute atomic E-state index is 5.99. The Hall–Kier alpha value is -0.340. The Morgan fingerprint density at radius 1 is 1.50 bits per heavy atom. The fraction of sp³-hybridized carbons (Fsp3) is 0.333. The van der Waals surface area contributed by atoms with Crippen LogP contribution in [0.15, 0.2) is 23.1 Å². The van der Waals surface area contributed by atoms with Crippen LogP contribution in [0.5, 0.6) is 5.75 Å². The molecule has 0 fully saturated rings. The average Bonchev–Trinajstić information content (AvgIpc) is 2.09. The van der Waals surface area contributed by atoms with Crippen molar-refractivity contribution in [2.24, 2.45) is 0 Å². The summed E-state index contributed by atoms with van der Waals surface area (Å²) in [5.41, 5.74) is 0. The van der Waals surface area contributed by atoms with Gasteiger partial charge in [-0.15, -0.1) is 11.8 Å². The van der Waals surface area contributed by atoms with E-state index in [0.717, 1.165) is 21.4 Å². The Labute approximate surface area is 82.1 Å². The SMILES string of the molecule is CCSc1ccc(OC)cc1Cl. The lowest BCUT2D eigenvalue weighted by Gasteiger charge is -2.04. The van der Waals surface area contributed by atoms with Gasteiger partial charge < -0.3 is 4.74 Å². The summed E-state index contributed by atoms with van der Waals surface area (Å²) in [5.74, 6) is 1.84. The summed E-state index contributed by atoms with van der Waals surface area (Å²) >= 11 is 7.72. The third-order valence-corrected chi connectivity index (χ3v) is 2.82. The maximum atomic E-state index is 5.99. The lowest BCUT2D eigenvalue weighted by molar-refractivity contribution is 0.414. The number of methoxy groups -OCH3 is 1. The Bertz CT molecular complexity index is 263. The molecule has 1 nitrogen and oxygen atoms in total. The van der Waals surface area contributed by atoms with Gasteiger partial charge in [-0.2, -0.15) is 0 Å². The van der Waals surface area contributed by atoms with Crippen LogP contribution < -0.4 is 4.74 Å². The second-order valence-electron chi connectivity index (χ2n) is 2.23. The highest BCUT2D eigenvalue weighted by Gasteiger charge is 2.00. The van der Waals surface area contributed by atoms with E-state index < -0.39 is 0 Å². The first kappa shape index (κ1) is 9.75. The van der Waals surface area contributed by atoms with Crippen LogP contribution in [-0.2, 0) is 0 Å². The zero-order valence-electron chi connectivity index (χ0n) is 7.13. The van der Waals surface area contributed by atoms with Crippen molar-refractivity contribution in [2.75, 3.05) is 12.9 Å². The molecule has 0 unspecified atom stereocenters. The van der Waals surface area contributed by atoms with Gasteiger partial charge in [0.25, 0.3) is 0 Å². The van der Waals surface area contributed by atoms with Crippen molar-refractivity contribution in [1.29, 1.82) is 0 Å². The first-order valence-electron chi connectivity index (χ1n) is 3.74. The molecule has 0 amide bonds.